The van der Waals surface area contributed by atoms with E-state index in [9.17, 15) is 13.2 Å². The number of hydrogen-bond acceptors (Lipinski definition) is 6. The molecule has 1 N–H and O–H groups in total. The van der Waals surface area contributed by atoms with Gasteiger partial charge in [0.2, 0.25) is 10.0 Å². The molecule has 2 heterocycles. The number of anilines is 2. The number of aryl methyl sites for hydroxylation is 2. The third-order valence-corrected chi connectivity index (χ3v) is 7.13. The first-order chi connectivity index (χ1) is 14.6. The first-order valence-electron chi connectivity index (χ1n) is 9.61. The van der Waals surface area contributed by atoms with Crippen LogP contribution in [0.3, 0.4) is 0 Å². The Balaban J connectivity index is 1.55. The van der Waals surface area contributed by atoms with E-state index in [2.05, 4.69) is 15.2 Å². The third kappa shape index (κ3) is 5.79. The summed E-state index contributed by atoms with van der Waals surface area (Å²) < 4.78 is 30.3. The highest BCUT2D eigenvalue weighted by Gasteiger charge is 2.23. The van der Waals surface area contributed by atoms with Gasteiger partial charge in [0.25, 0.3) is 5.91 Å². The van der Waals surface area contributed by atoms with Crippen molar-refractivity contribution in [2.45, 2.75) is 13.8 Å². The summed E-state index contributed by atoms with van der Waals surface area (Å²) >= 11 is 12.4. The lowest BCUT2D eigenvalue weighted by atomic mass is 10.2. The third-order valence-electron chi connectivity index (χ3n) is 4.94. The van der Waals surface area contributed by atoms with Crippen LogP contribution in [0.4, 0.5) is 11.4 Å². The Morgan fingerprint density at radius 3 is 2.13 bits per heavy atom. The number of hydrogen-bond donors (Lipinski definition) is 1. The van der Waals surface area contributed by atoms with Crippen LogP contribution in [0.25, 0.3) is 0 Å². The molecule has 168 valence electrons. The molecule has 1 aliphatic heterocycles. The second-order valence-electron chi connectivity index (χ2n) is 7.27. The van der Waals surface area contributed by atoms with Crippen LogP contribution in [0.2, 0.25) is 10.0 Å². The molecule has 11 heteroatoms. The lowest BCUT2D eigenvalue weighted by Gasteiger charge is -2.34. The maximum absolute atomic E-state index is 12.3. The van der Waals surface area contributed by atoms with Crippen LogP contribution in [0, 0.1) is 13.8 Å². The van der Waals surface area contributed by atoms with Gasteiger partial charge >= 0.3 is 0 Å². The van der Waals surface area contributed by atoms with E-state index in [4.69, 9.17) is 27.9 Å². The standard InChI is InChI=1S/C20H24Cl2N4O4S/c1-13-18(21)20(19(22)14(2)23-13)30-12-17(27)24-15-4-6-16(7-5-15)25-8-10-26(11-9-25)31(3,28)29/h4-7H,8-12H2,1-3H3,(H,24,27). The molecule has 1 aliphatic rings. The molecule has 1 aromatic carbocycles. The topological polar surface area (TPSA) is 91.8 Å². The molecule has 31 heavy (non-hydrogen) atoms. The van der Waals surface area contributed by atoms with Gasteiger partial charge in [0.1, 0.15) is 10.0 Å². The molecule has 1 amide bonds. The largest absolute Gasteiger partial charge is 0.480 e. The van der Waals surface area contributed by atoms with Crippen molar-refractivity contribution in [3.63, 3.8) is 0 Å². The highest BCUT2D eigenvalue weighted by atomic mass is 35.5. The molecule has 1 saturated heterocycles. The number of amides is 1. The molecule has 0 atom stereocenters. The number of benzene rings is 1. The van der Waals surface area contributed by atoms with Crippen molar-refractivity contribution >= 4 is 50.5 Å². The molecular weight excluding hydrogens is 463 g/mol. The van der Waals surface area contributed by atoms with Gasteiger partial charge in [0.05, 0.1) is 17.6 Å². The Labute approximate surface area is 192 Å². The fourth-order valence-electron chi connectivity index (χ4n) is 3.27. The summed E-state index contributed by atoms with van der Waals surface area (Å²) in [5.74, 6) is -0.110. The summed E-state index contributed by atoms with van der Waals surface area (Å²) in [6, 6.07) is 7.35. The zero-order chi connectivity index (χ0) is 22.8. The molecule has 0 radical (unpaired) electrons. The summed E-state index contributed by atoms with van der Waals surface area (Å²) in [7, 11) is -3.16. The average Bonchev–Trinajstić information content (AvgIpc) is 2.72. The highest BCUT2D eigenvalue weighted by molar-refractivity contribution is 7.88. The van der Waals surface area contributed by atoms with Gasteiger partial charge in [-0.25, -0.2) is 8.42 Å². The fourth-order valence-corrected chi connectivity index (χ4v) is 4.53. The molecule has 1 fully saturated rings. The number of aromatic nitrogens is 1. The molecule has 2 aromatic rings. The molecular formula is C20H24Cl2N4O4S. The Hall–Kier alpha value is -2.07. The Bertz CT molecular complexity index is 1040. The van der Waals surface area contributed by atoms with E-state index in [1.807, 2.05) is 12.1 Å². The average molecular weight is 487 g/mol. The summed E-state index contributed by atoms with van der Waals surface area (Å²) in [5, 5.41) is 3.33. The van der Waals surface area contributed by atoms with Crippen LogP contribution >= 0.6 is 23.2 Å². The first kappa shape index (κ1) is 23.6. The lowest BCUT2D eigenvalue weighted by molar-refractivity contribution is -0.118. The number of carbonyl (C=O) groups is 1. The Morgan fingerprint density at radius 2 is 1.61 bits per heavy atom. The maximum Gasteiger partial charge on any atom is 0.262 e. The minimum atomic E-state index is -3.16. The van der Waals surface area contributed by atoms with Gasteiger partial charge in [-0.2, -0.15) is 4.31 Å². The molecule has 0 saturated carbocycles. The second kappa shape index (κ2) is 9.60. The minimum Gasteiger partial charge on any atom is -0.480 e. The summed E-state index contributed by atoms with van der Waals surface area (Å²) in [6.45, 7) is 5.35. The fraction of sp³-hybridized carbons (Fsp3) is 0.400. The number of nitrogens with one attached hydrogen (secondary N) is 1. The van der Waals surface area contributed by atoms with E-state index >= 15 is 0 Å². The van der Waals surface area contributed by atoms with E-state index < -0.39 is 10.0 Å². The molecule has 1 aromatic heterocycles. The number of piperazine rings is 1. The smallest absolute Gasteiger partial charge is 0.262 e. The van der Waals surface area contributed by atoms with Crippen LogP contribution in [-0.2, 0) is 14.8 Å². The van der Waals surface area contributed by atoms with Crippen LogP contribution in [0.5, 0.6) is 5.75 Å². The monoisotopic (exact) mass is 486 g/mol. The van der Waals surface area contributed by atoms with Crippen molar-refractivity contribution in [3.8, 4) is 5.75 Å². The van der Waals surface area contributed by atoms with Crippen LogP contribution in [0.15, 0.2) is 24.3 Å². The van der Waals surface area contributed by atoms with E-state index in [1.165, 1.54) is 10.6 Å². The van der Waals surface area contributed by atoms with Crippen molar-refractivity contribution in [1.29, 1.82) is 0 Å². The second-order valence-corrected chi connectivity index (χ2v) is 10.0. The van der Waals surface area contributed by atoms with Gasteiger partial charge < -0.3 is 15.0 Å². The van der Waals surface area contributed by atoms with Gasteiger partial charge in [-0.3, -0.25) is 9.78 Å². The van der Waals surface area contributed by atoms with E-state index in [1.54, 1.807) is 26.0 Å². The molecule has 3 rings (SSSR count). The Morgan fingerprint density at radius 1 is 1.06 bits per heavy atom. The molecule has 8 nitrogen and oxygen atoms in total. The normalized spacial score (nSPS) is 15.1. The zero-order valence-corrected chi connectivity index (χ0v) is 19.8. The van der Waals surface area contributed by atoms with E-state index in [0.29, 0.717) is 43.3 Å². The van der Waals surface area contributed by atoms with Gasteiger partial charge in [-0.15, -0.1) is 0 Å². The van der Waals surface area contributed by atoms with Gasteiger partial charge in [0.15, 0.2) is 12.4 Å². The van der Waals surface area contributed by atoms with Crippen LogP contribution in [0.1, 0.15) is 11.4 Å². The minimum absolute atomic E-state index is 0.243. The Kier molecular flexibility index (Phi) is 7.31. The number of sulfonamides is 1. The van der Waals surface area contributed by atoms with Crippen molar-refractivity contribution in [3.05, 3.63) is 45.7 Å². The number of carbonyl (C=O) groups excluding carboxylic acids is 1. The summed E-state index contributed by atoms with van der Waals surface area (Å²) in [6.07, 6.45) is 1.22. The van der Waals surface area contributed by atoms with Gasteiger partial charge in [-0.05, 0) is 38.1 Å². The lowest BCUT2D eigenvalue weighted by Crippen LogP contribution is -2.48. The quantitative estimate of drug-likeness (QED) is 0.674. The number of ether oxygens (including phenoxy) is 1. The molecule has 0 unspecified atom stereocenters. The predicted molar refractivity (Wildman–Crippen MR) is 123 cm³/mol. The molecule has 0 bridgehead atoms. The summed E-state index contributed by atoms with van der Waals surface area (Å²) in [5.41, 5.74) is 2.73. The van der Waals surface area contributed by atoms with E-state index in [-0.39, 0.29) is 28.3 Å². The number of pyridine rings is 1. The molecule has 0 aliphatic carbocycles. The number of nitrogens with zero attached hydrogens (tertiary/aromatic N) is 3. The summed E-state index contributed by atoms with van der Waals surface area (Å²) in [4.78, 5) is 18.6. The van der Waals surface area contributed by atoms with Crippen molar-refractivity contribution in [2.75, 3.05) is 49.3 Å². The van der Waals surface area contributed by atoms with Crippen molar-refractivity contribution in [1.82, 2.24) is 9.29 Å². The predicted octanol–water partition coefficient (Wildman–Crippen LogP) is 3.10. The zero-order valence-electron chi connectivity index (χ0n) is 17.5. The van der Waals surface area contributed by atoms with Crippen molar-refractivity contribution < 1.29 is 17.9 Å². The van der Waals surface area contributed by atoms with Crippen LogP contribution < -0.4 is 15.0 Å². The van der Waals surface area contributed by atoms with E-state index in [0.717, 1.165) is 5.69 Å². The van der Waals surface area contributed by atoms with Gasteiger partial charge in [-0.1, -0.05) is 23.2 Å². The SMILES string of the molecule is Cc1nc(C)c(Cl)c(OCC(=O)Nc2ccc(N3CCN(S(C)(=O)=O)CC3)cc2)c1Cl. The molecule has 0 spiro atoms. The number of halogens is 2. The van der Waals surface area contributed by atoms with Crippen LogP contribution in [-0.4, -0.2) is 62.7 Å². The highest BCUT2D eigenvalue weighted by Crippen LogP contribution is 2.36. The number of rotatable bonds is 6. The first-order valence-corrected chi connectivity index (χ1v) is 12.2. The van der Waals surface area contributed by atoms with Gasteiger partial charge in [0, 0.05) is 37.6 Å². The van der Waals surface area contributed by atoms with Crippen molar-refractivity contribution in [2.24, 2.45) is 0 Å². The maximum atomic E-state index is 12.3.